The Morgan fingerprint density at radius 2 is 1.61 bits per heavy atom. The number of anilines is 1. The Labute approximate surface area is 193 Å². The largest absolute Gasteiger partial charge is 0.324 e. The zero-order chi connectivity index (χ0) is 22.9. The van der Waals surface area contributed by atoms with Crippen LogP contribution in [0.3, 0.4) is 0 Å². The molecular weight excluding hydrogens is 412 g/mol. The maximum atomic E-state index is 13.7. The van der Waals surface area contributed by atoms with Crippen LogP contribution in [-0.4, -0.2) is 28.7 Å². The molecule has 4 aliphatic carbocycles. The number of hydrogen-bond acceptors (Lipinski definition) is 3. The molecule has 5 aliphatic rings. The number of hydrogen-bond donors (Lipinski definition) is 1. The van der Waals surface area contributed by atoms with Crippen molar-refractivity contribution in [2.45, 2.75) is 32.7 Å². The number of nitrogens with one attached hydrogen (secondary N) is 1. The number of benzene rings is 2. The van der Waals surface area contributed by atoms with Crippen LogP contribution in [0.25, 0.3) is 0 Å². The van der Waals surface area contributed by atoms with Crippen molar-refractivity contribution in [1.82, 2.24) is 4.90 Å². The van der Waals surface area contributed by atoms with Crippen LogP contribution in [-0.2, 0) is 20.8 Å². The van der Waals surface area contributed by atoms with Gasteiger partial charge in [0.25, 0.3) is 0 Å². The zero-order valence-electron chi connectivity index (χ0n) is 18.9. The maximum Gasteiger partial charge on any atom is 0.248 e. The number of carbonyl (C=O) groups excluding carboxylic acids is 3. The molecule has 2 aromatic rings. The number of aryl methyl sites for hydroxylation is 2. The minimum absolute atomic E-state index is 0.145. The van der Waals surface area contributed by atoms with Crippen molar-refractivity contribution in [1.29, 1.82) is 0 Å². The average Bonchev–Trinajstić information content (AvgIpc) is 3.59. The smallest absolute Gasteiger partial charge is 0.248 e. The lowest BCUT2D eigenvalue weighted by Crippen LogP contribution is -2.49. The summed E-state index contributed by atoms with van der Waals surface area (Å²) in [6, 6.07) is 14.6. The predicted molar refractivity (Wildman–Crippen MR) is 125 cm³/mol. The fraction of sp³-hybridized carbons (Fsp3) is 0.393. The van der Waals surface area contributed by atoms with Gasteiger partial charge in [-0.2, -0.15) is 0 Å². The van der Waals surface area contributed by atoms with Crippen LogP contribution in [0.2, 0.25) is 0 Å². The molecule has 0 unspecified atom stereocenters. The van der Waals surface area contributed by atoms with Gasteiger partial charge in [-0.1, -0.05) is 60.2 Å². The molecule has 5 heteroatoms. The van der Waals surface area contributed by atoms with Gasteiger partial charge < -0.3 is 5.32 Å². The number of likely N-dealkylation sites (tertiary alicyclic amines) is 1. The van der Waals surface area contributed by atoms with E-state index in [0.717, 1.165) is 23.1 Å². The first kappa shape index (κ1) is 20.4. The second-order valence-corrected chi connectivity index (χ2v) is 10.2. The number of amides is 3. The van der Waals surface area contributed by atoms with Gasteiger partial charge in [0, 0.05) is 12.1 Å². The number of carbonyl (C=O) groups is 3. The predicted octanol–water partition coefficient (Wildman–Crippen LogP) is 3.91. The summed E-state index contributed by atoms with van der Waals surface area (Å²) in [6.45, 7) is 3.96. The van der Waals surface area contributed by atoms with E-state index in [1.807, 2.05) is 62.4 Å². The van der Waals surface area contributed by atoms with Crippen LogP contribution in [0.4, 0.5) is 5.69 Å². The monoisotopic (exact) mass is 440 g/mol. The fourth-order valence-electron chi connectivity index (χ4n) is 6.60. The molecule has 33 heavy (non-hydrogen) atoms. The summed E-state index contributed by atoms with van der Waals surface area (Å²) in [5, 5.41) is 3.01. The van der Waals surface area contributed by atoms with Crippen molar-refractivity contribution in [2.75, 3.05) is 5.32 Å². The molecule has 1 aliphatic heterocycles. The van der Waals surface area contributed by atoms with Gasteiger partial charge in [0.2, 0.25) is 17.7 Å². The molecule has 1 heterocycles. The number of rotatable bonds is 5. The van der Waals surface area contributed by atoms with E-state index >= 15 is 0 Å². The highest BCUT2D eigenvalue weighted by molar-refractivity contribution is 6.10. The van der Waals surface area contributed by atoms with Crippen LogP contribution in [0, 0.1) is 49.4 Å². The van der Waals surface area contributed by atoms with Gasteiger partial charge in [0.15, 0.2) is 0 Å². The van der Waals surface area contributed by atoms with Gasteiger partial charge >= 0.3 is 0 Å². The highest BCUT2D eigenvalue weighted by atomic mass is 16.2. The van der Waals surface area contributed by atoms with Crippen LogP contribution in [0.1, 0.15) is 23.1 Å². The van der Waals surface area contributed by atoms with Gasteiger partial charge in [-0.25, -0.2) is 0 Å². The summed E-state index contributed by atoms with van der Waals surface area (Å²) in [5.41, 5.74) is 3.71. The summed E-state index contributed by atoms with van der Waals surface area (Å²) >= 11 is 0. The molecule has 168 valence electrons. The van der Waals surface area contributed by atoms with E-state index in [1.165, 1.54) is 4.90 Å². The molecule has 3 amide bonds. The Bertz CT molecular complexity index is 1150. The first-order chi connectivity index (χ1) is 15.9. The maximum absolute atomic E-state index is 13.7. The van der Waals surface area contributed by atoms with E-state index < -0.39 is 6.04 Å². The molecule has 2 bridgehead atoms. The standard InChI is InChI=1S/C28H28N2O3/c1-15-8-11-22(16(2)12-15)29-26(31)23(13-17-6-4-3-5-7-17)30-27(32)24-18-9-10-19(21-14-20(18)21)25(24)28(30)33/h3-12,18-21,23-25H,13-14H2,1-2H3,(H,29,31)/t18-,19-,20-,21-,23-,24-,25+/m0/s1. The number of allylic oxidation sites excluding steroid dienone is 2. The molecular formula is C28H28N2O3. The molecule has 3 fully saturated rings. The third-order valence-electron chi connectivity index (χ3n) is 8.22. The minimum atomic E-state index is -0.866. The lowest BCUT2D eigenvalue weighted by molar-refractivity contribution is -0.146. The van der Waals surface area contributed by atoms with Crippen molar-refractivity contribution in [3.8, 4) is 0 Å². The zero-order valence-corrected chi connectivity index (χ0v) is 18.9. The number of nitrogens with zero attached hydrogens (tertiary/aromatic N) is 1. The average molecular weight is 441 g/mol. The lowest BCUT2D eigenvalue weighted by atomic mass is 9.63. The van der Waals surface area contributed by atoms with Crippen molar-refractivity contribution < 1.29 is 14.4 Å². The highest BCUT2D eigenvalue weighted by Gasteiger charge is 2.67. The van der Waals surface area contributed by atoms with Crippen LogP contribution >= 0.6 is 0 Å². The Kier molecular flexibility index (Phi) is 4.58. The second-order valence-electron chi connectivity index (χ2n) is 10.2. The second kappa shape index (κ2) is 7.41. The Morgan fingerprint density at radius 1 is 0.970 bits per heavy atom. The number of imide groups is 1. The summed E-state index contributed by atoms with van der Waals surface area (Å²) in [7, 11) is 0. The van der Waals surface area contributed by atoms with E-state index in [2.05, 4.69) is 17.5 Å². The van der Waals surface area contributed by atoms with Crippen molar-refractivity contribution >= 4 is 23.4 Å². The molecule has 2 aromatic carbocycles. The minimum Gasteiger partial charge on any atom is -0.324 e. The summed E-state index contributed by atoms with van der Waals surface area (Å²) in [6.07, 6.45) is 5.76. The third-order valence-corrected chi connectivity index (χ3v) is 8.22. The third kappa shape index (κ3) is 3.17. The molecule has 0 aromatic heterocycles. The molecule has 1 saturated heterocycles. The van der Waals surface area contributed by atoms with E-state index in [4.69, 9.17) is 0 Å². The lowest BCUT2D eigenvalue weighted by Gasteiger charge is -2.37. The van der Waals surface area contributed by atoms with Crippen molar-refractivity contribution in [2.24, 2.45) is 35.5 Å². The molecule has 0 radical (unpaired) electrons. The Balaban J connectivity index is 1.34. The van der Waals surface area contributed by atoms with Gasteiger partial charge in [0.05, 0.1) is 11.8 Å². The quantitative estimate of drug-likeness (QED) is 0.566. The molecule has 1 N–H and O–H groups in total. The van der Waals surface area contributed by atoms with Gasteiger partial charge in [-0.05, 0) is 61.1 Å². The molecule has 7 rings (SSSR count). The van der Waals surface area contributed by atoms with Crippen LogP contribution in [0.15, 0.2) is 60.7 Å². The fourth-order valence-corrected chi connectivity index (χ4v) is 6.60. The van der Waals surface area contributed by atoms with Crippen molar-refractivity contribution in [3.63, 3.8) is 0 Å². The summed E-state index contributed by atoms with van der Waals surface area (Å²) in [5.74, 6) is 0.128. The van der Waals surface area contributed by atoms with Gasteiger partial charge in [-0.15, -0.1) is 0 Å². The van der Waals surface area contributed by atoms with E-state index in [0.29, 0.717) is 23.9 Å². The van der Waals surface area contributed by atoms with Gasteiger partial charge in [0.1, 0.15) is 6.04 Å². The normalized spacial score (nSPS) is 31.9. The molecule has 7 atom stereocenters. The summed E-state index contributed by atoms with van der Waals surface area (Å²) in [4.78, 5) is 42.3. The molecule has 2 saturated carbocycles. The Hall–Kier alpha value is -3.21. The van der Waals surface area contributed by atoms with E-state index in [-0.39, 0.29) is 41.4 Å². The highest BCUT2D eigenvalue weighted by Crippen LogP contribution is 2.65. The van der Waals surface area contributed by atoms with Crippen LogP contribution < -0.4 is 5.32 Å². The van der Waals surface area contributed by atoms with Crippen molar-refractivity contribution in [3.05, 3.63) is 77.4 Å². The molecule has 0 spiro atoms. The summed E-state index contributed by atoms with van der Waals surface area (Å²) < 4.78 is 0. The molecule has 5 nitrogen and oxygen atoms in total. The van der Waals surface area contributed by atoms with E-state index in [9.17, 15) is 14.4 Å². The van der Waals surface area contributed by atoms with Gasteiger partial charge in [-0.3, -0.25) is 19.3 Å². The Morgan fingerprint density at radius 3 is 2.21 bits per heavy atom. The SMILES string of the molecule is Cc1ccc(NC(=O)[C@H](Cc2ccccc2)N2C(=O)[C@@H]3[C@H]4C=C[C@@H]([C@@H]5C[C@@H]45)[C@@H]3C2=O)c(C)c1. The first-order valence-electron chi connectivity index (χ1n) is 11.9. The topological polar surface area (TPSA) is 66.5 Å². The van der Waals surface area contributed by atoms with Crippen LogP contribution in [0.5, 0.6) is 0 Å². The first-order valence-corrected chi connectivity index (χ1v) is 11.9. The van der Waals surface area contributed by atoms with E-state index in [1.54, 1.807) is 0 Å².